The molecule has 0 aromatic heterocycles. The van der Waals surface area contributed by atoms with E-state index in [1.54, 1.807) is 0 Å². The number of rotatable bonds is 7. The van der Waals surface area contributed by atoms with Crippen LogP contribution in [-0.4, -0.2) is 62.2 Å². The second-order valence-corrected chi connectivity index (χ2v) is 7.17. The van der Waals surface area contributed by atoms with Crippen LogP contribution < -0.4 is 5.32 Å². The normalized spacial score (nSPS) is 33.7. The first-order valence-corrected chi connectivity index (χ1v) is 8.63. The van der Waals surface area contributed by atoms with Crippen LogP contribution in [0.5, 0.6) is 0 Å². The number of nitriles is 1. The van der Waals surface area contributed by atoms with Crippen LogP contribution in [0.1, 0.15) is 39.0 Å². The summed E-state index contributed by atoms with van der Waals surface area (Å²) >= 11 is 0. The van der Waals surface area contributed by atoms with E-state index < -0.39 is 0 Å². The molecule has 0 bridgehead atoms. The van der Waals surface area contributed by atoms with Gasteiger partial charge >= 0.3 is 0 Å². The second-order valence-electron chi connectivity index (χ2n) is 7.17. The number of likely N-dealkylation sites (tertiary alicyclic amines) is 1. The molecule has 120 valence electrons. The zero-order valence-electron chi connectivity index (χ0n) is 14.1. The largest absolute Gasteiger partial charge is 0.306 e. The Labute approximate surface area is 130 Å². The van der Waals surface area contributed by atoms with Gasteiger partial charge in [-0.2, -0.15) is 5.26 Å². The average Bonchev–Trinajstić information content (AvgIpc) is 3.04. The maximum atomic E-state index is 9.61. The zero-order chi connectivity index (χ0) is 15.3. The summed E-state index contributed by atoms with van der Waals surface area (Å²) in [6.45, 7) is 7.83. The molecule has 21 heavy (non-hydrogen) atoms. The lowest BCUT2D eigenvalue weighted by Gasteiger charge is -2.31. The van der Waals surface area contributed by atoms with E-state index in [0.717, 1.165) is 31.8 Å². The first kappa shape index (κ1) is 16.7. The van der Waals surface area contributed by atoms with Crippen LogP contribution >= 0.6 is 0 Å². The Hall–Kier alpha value is -0.630. The lowest BCUT2D eigenvalue weighted by molar-refractivity contribution is 0.228. The minimum Gasteiger partial charge on any atom is -0.306 e. The Balaban J connectivity index is 1.77. The summed E-state index contributed by atoms with van der Waals surface area (Å²) in [5, 5.41) is 13.1. The third-order valence-corrected chi connectivity index (χ3v) is 5.43. The fourth-order valence-corrected chi connectivity index (χ4v) is 4.29. The van der Waals surface area contributed by atoms with Gasteiger partial charge in [-0.1, -0.05) is 13.3 Å². The van der Waals surface area contributed by atoms with Crippen molar-refractivity contribution >= 4 is 0 Å². The molecule has 4 heteroatoms. The molecule has 1 saturated carbocycles. The summed E-state index contributed by atoms with van der Waals surface area (Å²) in [7, 11) is 4.46. The molecule has 0 aromatic carbocycles. The van der Waals surface area contributed by atoms with Crippen molar-refractivity contribution in [2.24, 2.45) is 11.8 Å². The van der Waals surface area contributed by atoms with Crippen molar-refractivity contribution in [1.29, 1.82) is 5.26 Å². The molecule has 3 atom stereocenters. The lowest BCUT2D eigenvalue weighted by atomic mass is 9.85. The van der Waals surface area contributed by atoms with E-state index >= 15 is 0 Å². The predicted molar refractivity (Wildman–Crippen MR) is 87.1 cm³/mol. The van der Waals surface area contributed by atoms with Gasteiger partial charge in [0.1, 0.15) is 5.54 Å². The first-order valence-electron chi connectivity index (χ1n) is 8.63. The van der Waals surface area contributed by atoms with Crippen LogP contribution in [0.2, 0.25) is 0 Å². The van der Waals surface area contributed by atoms with Crippen molar-refractivity contribution in [3.8, 4) is 6.07 Å². The monoisotopic (exact) mass is 292 g/mol. The van der Waals surface area contributed by atoms with Crippen molar-refractivity contribution in [2.45, 2.75) is 44.6 Å². The second kappa shape index (κ2) is 7.58. The minimum absolute atomic E-state index is 0.247. The highest BCUT2D eigenvalue weighted by Crippen LogP contribution is 2.37. The van der Waals surface area contributed by atoms with Crippen molar-refractivity contribution in [2.75, 3.05) is 46.8 Å². The van der Waals surface area contributed by atoms with Crippen LogP contribution in [0.3, 0.4) is 0 Å². The van der Waals surface area contributed by atoms with Gasteiger partial charge in [0.25, 0.3) is 0 Å². The van der Waals surface area contributed by atoms with Crippen LogP contribution in [-0.2, 0) is 0 Å². The van der Waals surface area contributed by atoms with E-state index in [9.17, 15) is 5.26 Å². The molecule has 1 heterocycles. The van der Waals surface area contributed by atoms with Gasteiger partial charge < -0.3 is 9.80 Å². The Morgan fingerprint density at radius 3 is 2.86 bits per heavy atom. The molecule has 2 fully saturated rings. The van der Waals surface area contributed by atoms with E-state index in [0.29, 0.717) is 5.92 Å². The molecule has 0 radical (unpaired) electrons. The maximum absolute atomic E-state index is 9.61. The smallest absolute Gasteiger partial charge is 0.109 e. The topological polar surface area (TPSA) is 42.3 Å². The highest BCUT2D eigenvalue weighted by atomic mass is 15.1. The molecule has 0 spiro atoms. The first-order chi connectivity index (χ1) is 10.1. The summed E-state index contributed by atoms with van der Waals surface area (Å²) < 4.78 is 0. The molecular formula is C17H32N4. The van der Waals surface area contributed by atoms with Gasteiger partial charge in [-0.3, -0.25) is 5.32 Å². The average molecular weight is 292 g/mol. The molecule has 1 aliphatic heterocycles. The van der Waals surface area contributed by atoms with E-state index in [2.05, 4.69) is 42.2 Å². The van der Waals surface area contributed by atoms with Gasteiger partial charge in [0.05, 0.1) is 6.07 Å². The molecule has 0 amide bonds. The SMILES string of the molecule is CCNC1(C#N)CCCC1CCN(C)CC1CCN(C)C1. The number of nitrogens with one attached hydrogen (secondary N) is 1. The van der Waals surface area contributed by atoms with Gasteiger partial charge in [-0.15, -0.1) is 0 Å². The Morgan fingerprint density at radius 2 is 2.24 bits per heavy atom. The fourth-order valence-electron chi connectivity index (χ4n) is 4.29. The summed E-state index contributed by atoms with van der Waals surface area (Å²) in [5.74, 6) is 1.36. The molecular weight excluding hydrogens is 260 g/mol. The predicted octanol–water partition coefficient (Wildman–Crippen LogP) is 1.93. The van der Waals surface area contributed by atoms with Crippen LogP contribution in [0.15, 0.2) is 0 Å². The lowest BCUT2D eigenvalue weighted by Crippen LogP contribution is -2.47. The molecule has 2 aliphatic rings. The number of hydrogen-bond donors (Lipinski definition) is 1. The van der Waals surface area contributed by atoms with Crippen molar-refractivity contribution in [3.05, 3.63) is 0 Å². The van der Waals surface area contributed by atoms with E-state index in [1.165, 1.54) is 38.9 Å². The Morgan fingerprint density at radius 1 is 1.43 bits per heavy atom. The standard InChI is InChI=1S/C17H32N4/c1-4-19-17(14-18)9-5-6-16(17)8-11-21(3)13-15-7-10-20(2)12-15/h15-16,19H,4-13H2,1-3H3. The van der Waals surface area contributed by atoms with Crippen molar-refractivity contribution < 1.29 is 0 Å². The Bertz CT molecular complexity index is 364. The maximum Gasteiger partial charge on any atom is 0.109 e. The van der Waals surface area contributed by atoms with Crippen LogP contribution in [0.4, 0.5) is 0 Å². The summed E-state index contributed by atoms with van der Waals surface area (Å²) in [5.41, 5.74) is -0.247. The number of nitrogens with zero attached hydrogens (tertiary/aromatic N) is 3. The fraction of sp³-hybridized carbons (Fsp3) is 0.941. The van der Waals surface area contributed by atoms with Crippen LogP contribution in [0.25, 0.3) is 0 Å². The van der Waals surface area contributed by atoms with Crippen molar-refractivity contribution in [1.82, 2.24) is 15.1 Å². The van der Waals surface area contributed by atoms with E-state index in [4.69, 9.17) is 0 Å². The Kier molecular flexibility index (Phi) is 6.04. The molecule has 1 saturated heterocycles. The minimum atomic E-state index is -0.247. The van der Waals surface area contributed by atoms with E-state index in [1.807, 2.05) is 0 Å². The molecule has 0 aromatic rings. The third kappa shape index (κ3) is 4.18. The molecule has 1 aliphatic carbocycles. The molecule has 4 nitrogen and oxygen atoms in total. The quantitative estimate of drug-likeness (QED) is 0.778. The van der Waals surface area contributed by atoms with Gasteiger partial charge in [0.15, 0.2) is 0 Å². The van der Waals surface area contributed by atoms with Gasteiger partial charge in [-0.25, -0.2) is 0 Å². The van der Waals surface area contributed by atoms with Gasteiger partial charge in [-0.05, 0) is 71.2 Å². The van der Waals surface area contributed by atoms with Crippen molar-refractivity contribution in [3.63, 3.8) is 0 Å². The zero-order valence-corrected chi connectivity index (χ0v) is 14.1. The summed E-state index contributed by atoms with van der Waals surface area (Å²) in [6.07, 6.45) is 5.92. The highest BCUT2D eigenvalue weighted by molar-refractivity contribution is 5.14. The van der Waals surface area contributed by atoms with E-state index in [-0.39, 0.29) is 5.54 Å². The van der Waals surface area contributed by atoms with Crippen LogP contribution in [0, 0.1) is 23.2 Å². The molecule has 3 unspecified atom stereocenters. The summed E-state index contributed by atoms with van der Waals surface area (Å²) in [6, 6.07) is 2.59. The van der Waals surface area contributed by atoms with Gasteiger partial charge in [0, 0.05) is 13.1 Å². The summed E-state index contributed by atoms with van der Waals surface area (Å²) in [4.78, 5) is 4.91. The third-order valence-electron chi connectivity index (χ3n) is 5.43. The van der Waals surface area contributed by atoms with Gasteiger partial charge in [0.2, 0.25) is 0 Å². The highest BCUT2D eigenvalue weighted by Gasteiger charge is 2.42. The molecule has 2 rings (SSSR count). The molecule has 1 N–H and O–H groups in total. The number of hydrogen-bond acceptors (Lipinski definition) is 4.